The number of ether oxygens (including phenoxy) is 3. The van der Waals surface area contributed by atoms with Crippen molar-refractivity contribution in [2.75, 3.05) is 19.5 Å². The summed E-state index contributed by atoms with van der Waals surface area (Å²) in [5.74, 6) is -0.706. The van der Waals surface area contributed by atoms with Gasteiger partial charge in [0.25, 0.3) is 5.91 Å². The first-order chi connectivity index (χ1) is 12.5. The predicted octanol–water partition coefficient (Wildman–Crippen LogP) is 2.76. The van der Waals surface area contributed by atoms with E-state index in [0.29, 0.717) is 11.3 Å². The average molecular weight is 354 g/mol. The van der Waals surface area contributed by atoms with E-state index in [-0.39, 0.29) is 17.1 Å². The number of nitrogens with one attached hydrogen (secondary N) is 1. The van der Waals surface area contributed by atoms with Crippen LogP contribution in [-0.2, 0) is 9.53 Å². The highest BCUT2D eigenvalue weighted by molar-refractivity contribution is 5.99. The number of methoxy groups -OCH3 is 2. The van der Waals surface area contributed by atoms with E-state index in [4.69, 9.17) is 19.5 Å². The molecule has 7 nitrogen and oxygen atoms in total. The minimum absolute atomic E-state index is 0.101. The third-order valence-electron chi connectivity index (χ3n) is 3.54. The van der Waals surface area contributed by atoms with Crippen molar-refractivity contribution in [1.82, 2.24) is 0 Å². The standard InChI is InChI=1S/C19H18N2O5/c1-12(18(22)21-14-7-4-6-13(10-14)11-20)26-19(23)17-15(24-2)8-5-9-16(17)25-3/h4-10,12H,1-3H3,(H,21,22)/t12-/m1/s1. The third-order valence-corrected chi connectivity index (χ3v) is 3.54. The molecule has 0 unspecified atom stereocenters. The number of carbonyl (C=O) groups is 2. The fraction of sp³-hybridized carbons (Fsp3) is 0.211. The zero-order chi connectivity index (χ0) is 19.1. The predicted molar refractivity (Wildman–Crippen MR) is 94.2 cm³/mol. The summed E-state index contributed by atoms with van der Waals surface area (Å²) in [6.07, 6.45) is -1.07. The molecule has 0 bridgehead atoms. The van der Waals surface area contributed by atoms with Gasteiger partial charge in [-0.05, 0) is 37.3 Å². The smallest absolute Gasteiger partial charge is 0.346 e. The van der Waals surface area contributed by atoms with Crippen LogP contribution in [0.2, 0.25) is 0 Å². The minimum atomic E-state index is -1.07. The van der Waals surface area contributed by atoms with Gasteiger partial charge in [-0.15, -0.1) is 0 Å². The lowest BCUT2D eigenvalue weighted by atomic mass is 10.1. The number of amides is 1. The summed E-state index contributed by atoms with van der Waals surface area (Å²) in [7, 11) is 2.84. The number of hydrogen-bond donors (Lipinski definition) is 1. The molecule has 1 N–H and O–H groups in total. The van der Waals surface area contributed by atoms with Crippen LogP contribution in [0.1, 0.15) is 22.8 Å². The third kappa shape index (κ3) is 4.30. The highest BCUT2D eigenvalue weighted by Crippen LogP contribution is 2.29. The van der Waals surface area contributed by atoms with Gasteiger partial charge in [0.05, 0.1) is 25.9 Å². The molecule has 0 saturated carbocycles. The molecule has 7 heteroatoms. The van der Waals surface area contributed by atoms with Crippen LogP contribution >= 0.6 is 0 Å². The lowest BCUT2D eigenvalue weighted by Crippen LogP contribution is -2.30. The van der Waals surface area contributed by atoms with E-state index < -0.39 is 18.0 Å². The van der Waals surface area contributed by atoms with E-state index in [1.54, 1.807) is 36.4 Å². The Kier molecular flexibility index (Phi) is 6.17. The maximum atomic E-state index is 12.5. The van der Waals surface area contributed by atoms with Gasteiger partial charge in [-0.2, -0.15) is 5.26 Å². The largest absolute Gasteiger partial charge is 0.496 e. The molecule has 26 heavy (non-hydrogen) atoms. The van der Waals surface area contributed by atoms with Crippen LogP contribution in [0.5, 0.6) is 11.5 Å². The van der Waals surface area contributed by atoms with Crippen molar-refractivity contribution in [3.8, 4) is 17.6 Å². The zero-order valence-corrected chi connectivity index (χ0v) is 14.6. The number of hydrogen-bond acceptors (Lipinski definition) is 6. The van der Waals surface area contributed by atoms with Gasteiger partial charge in [-0.25, -0.2) is 4.79 Å². The molecule has 0 fully saturated rings. The van der Waals surface area contributed by atoms with Gasteiger partial charge in [0.15, 0.2) is 6.10 Å². The summed E-state index contributed by atoms with van der Waals surface area (Å²) in [6.45, 7) is 1.45. The molecule has 0 aromatic heterocycles. The second-order valence-corrected chi connectivity index (χ2v) is 5.27. The molecule has 0 aliphatic carbocycles. The first-order valence-electron chi connectivity index (χ1n) is 7.73. The second-order valence-electron chi connectivity index (χ2n) is 5.27. The Bertz CT molecular complexity index is 835. The van der Waals surface area contributed by atoms with Crippen LogP contribution < -0.4 is 14.8 Å². The van der Waals surface area contributed by atoms with Crippen LogP contribution in [0.4, 0.5) is 5.69 Å². The van der Waals surface area contributed by atoms with Gasteiger partial charge >= 0.3 is 5.97 Å². The number of nitrogens with zero attached hydrogens (tertiary/aromatic N) is 1. The highest BCUT2D eigenvalue weighted by atomic mass is 16.6. The Morgan fingerprint density at radius 3 is 2.27 bits per heavy atom. The van der Waals surface area contributed by atoms with Crippen LogP contribution in [-0.4, -0.2) is 32.2 Å². The first kappa shape index (κ1) is 18.8. The molecule has 134 valence electrons. The van der Waals surface area contributed by atoms with Crippen molar-refractivity contribution >= 4 is 17.6 Å². The monoisotopic (exact) mass is 354 g/mol. The van der Waals surface area contributed by atoms with Gasteiger partial charge in [-0.1, -0.05) is 12.1 Å². The van der Waals surface area contributed by atoms with Crippen molar-refractivity contribution in [2.45, 2.75) is 13.0 Å². The Labute approximate surface area is 151 Å². The fourth-order valence-corrected chi connectivity index (χ4v) is 2.24. The van der Waals surface area contributed by atoms with Crippen molar-refractivity contribution in [1.29, 1.82) is 5.26 Å². The first-order valence-corrected chi connectivity index (χ1v) is 7.73. The van der Waals surface area contributed by atoms with E-state index in [1.165, 1.54) is 27.2 Å². The Morgan fingerprint density at radius 1 is 1.08 bits per heavy atom. The molecule has 1 atom stereocenters. The van der Waals surface area contributed by atoms with Crippen LogP contribution in [0.15, 0.2) is 42.5 Å². The van der Waals surface area contributed by atoms with E-state index in [0.717, 1.165) is 0 Å². The topological polar surface area (TPSA) is 97.7 Å². The molecule has 0 radical (unpaired) electrons. The summed E-state index contributed by atoms with van der Waals surface area (Å²) >= 11 is 0. The molecular weight excluding hydrogens is 336 g/mol. The van der Waals surface area contributed by atoms with Gasteiger partial charge in [0.1, 0.15) is 17.1 Å². The van der Waals surface area contributed by atoms with Gasteiger partial charge in [-0.3, -0.25) is 4.79 Å². The van der Waals surface area contributed by atoms with Crippen molar-refractivity contribution < 1.29 is 23.8 Å². The fourth-order valence-electron chi connectivity index (χ4n) is 2.24. The number of benzene rings is 2. The summed E-state index contributed by atoms with van der Waals surface area (Å²) < 4.78 is 15.6. The molecule has 0 spiro atoms. The number of nitriles is 1. The normalized spacial score (nSPS) is 11.0. The minimum Gasteiger partial charge on any atom is -0.496 e. The van der Waals surface area contributed by atoms with E-state index in [2.05, 4.69) is 5.32 Å². The summed E-state index contributed by atoms with van der Waals surface area (Å²) in [5.41, 5.74) is 0.946. The summed E-state index contributed by atoms with van der Waals surface area (Å²) in [5, 5.41) is 11.5. The lowest BCUT2D eigenvalue weighted by Gasteiger charge is -2.16. The Balaban J connectivity index is 2.12. The summed E-state index contributed by atoms with van der Waals surface area (Å²) in [6, 6.07) is 13.3. The molecule has 2 rings (SSSR count). The number of rotatable bonds is 6. The number of esters is 1. The van der Waals surface area contributed by atoms with E-state index >= 15 is 0 Å². The molecule has 2 aromatic carbocycles. The molecule has 0 aliphatic heterocycles. The number of carbonyl (C=O) groups excluding carboxylic acids is 2. The van der Waals surface area contributed by atoms with Crippen LogP contribution in [0, 0.1) is 11.3 Å². The highest BCUT2D eigenvalue weighted by Gasteiger charge is 2.24. The van der Waals surface area contributed by atoms with E-state index in [9.17, 15) is 9.59 Å². The Hall–Kier alpha value is -3.53. The number of anilines is 1. The van der Waals surface area contributed by atoms with Crippen molar-refractivity contribution in [2.24, 2.45) is 0 Å². The lowest BCUT2D eigenvalue weighted by molar-refractivity contribution is -0.123. The maximum Gasteiger partial charge on any atom is 0.346 e. The average Bonchev–Trinajstić information content (AvgIpc) is 2.67. The second kappa shape index (κ2) is 8.53. The SMILES string of the molecule is COc1cccc(OC)c1C(=O)O[C@H](C)C(=O)Nc1cccc(C#N)c1. The van der Waals surface area contributed by atoms with Gasteiger partial charge < -0.3 is 19.5 Å². The molecule has 0 aliphatic rings. The van der Waals surface area contributed by atoms with E-state index in [1.807, 2.05) is 6.07 Å². The maximum absolute atomic E-state index is 12.5. The molecular formula is C19H18N2O5. The van der Waals surface area contributed by atoms with Gasteiger partial charge in [0.2, 0.25) is 0 Å². The Morgan fingerprint density at radius 2 is 1.69 bits per heavy atom. The quantitative estimate of drug-likeness (QED) is 0.801. The molecule has 0 heterocycles. The molecule has 0 saturated heterocycles. The van der Waals surface area contributed by atoms with Gasteiger partial charge in [0, 0.05) is 5.69 Å². The van der Waals surface area contributed by atoms with Crippen LogP contribution in [0.3, 0.4) is 0 Å². The molecule has 2 aromatic rings. The van der Waals surface area contributed by atoms with Crippen LogP contribution in [0.25, 0.3) is 0 Å². The summed E-state index contributed by atoms with van der Waals surface area (Å²) in [4.78, 5) is 24.7. The van der Waals surface area contributed by atoms with Crippen molar-refractivity contribution in [3.05, 3.63) is 53.6 Å². The van der Waals surface area contributed by atoms with Crippen molar-refractivity contribution in [3.63, 3.8) is 0 Å². The molecule has 1 amide bonds. The zero-order valence-electron chi connectivity index (χ0n) is 14.6.